The highest BCUT2D eigenvalue weighted by Gasteiger charge is 2.20. The first-order chi connectivity index (χ1) is 15.1. The predicted octanol–water partition coefficient (Wildman–Crippen LogP) is 4.98. The molecule has 2 N–H and O–H groups in total. The van der Waals surface area contributed by atoms with Gasteiger partial charge in [-0.2, -0.15) is 4.98 Å². The highest BCUT2D eigenvalue weighted by molar-refractivity contribution is 9.10. The summed E-state index contributed by atoms with van der Waals surface area (Å²) in [4.78, 5) is 20.5. The van der Waals surface area contributed by atoms with Gasteiger partial charge in [0.2, 0.25) is 5.89 Å². The van der Waals surface area contributed by atoms with Gasteiger partial charge in [0.1, 0.15) is 5.82 Å². The number of halogens is 2. The Morgan fingerprint density at radius 2 is 1.97 bits per heavy atom. The Bertz CT molecular complexity index is 1040. The summed E-state index contributed by atoms with van der Waals surface area (Å²) in [6, 6.07) is 11.9. The number of nitrogens with zero attached hydrogens (tertiary/aromatic N) is 3. The molecule has 0 saturated heterocycles. The van der Waals surface area contributed by atoms with Gasteiger partial charge in [0.05, 0.1) is 6.42 Å². The van der Waals surface area contributed by atoms with Gasteiger partial charge in [0, 0.05) is 35.5 Å². The second-order valence-electron chi connectivity index (χ2n) is 7.85. The van der Waals surface area contributed by atoms with Crippen molar-refractivity contribution in [3.63, 3.8) is 0 Å². The second kappa shape index (κ2) is 11.4. The number of carboxylic acid groups (broad SMARTS) is 1. The van der Waals surface area contributed by atoms with Crippen LogP contribution < -0.4 is 5.32 Å². The summed E-state index contributed by atoms with van der Waals surface area (Å²) in [5.74, 6) is 1.07. The van der Waals surface area contributed by atoms with Crippen molar-refractivity contribution in [2.75, 3.05) is 11.9 Å². The van der Waals surface area contributed by atoms with Crippen LogP contribution in [0.1, 0.15) is 53.7 Å². The number of pyridine rings is 1. The van der Waals surface area contributed by atoms with E-state index < -0.39 is 5.97 Å². The van der Waals surface area contributed by atoms with Crippen LogP contribution in [-0.2, 0) is 30.5 Å². The number of benzene rings is 1. The molecule has 2 aromatic heterocycles. The average molecular weight is 522 g/mol. The fraction of sp³-hybridized carbons (Fsp3) is 0.391. The van der Waals surface area contributed by atoms with Gasteiger partial charge in [-0.25, -0.2) is 4.98 Å². The fourth-order valence-corrected chi connectivity index (χ4v) is 4.14. The van der Waals surface area contributed by atoms with Crippen molar-refractivity contribution in [1.29, 1.82) is 0 Å². The normalized spacial score (nSPS) is 13.5. The lowest BCUT2D eigenvalue weighted by Crippen LogP contribution is -2.14. The molecule has 0 spiro atoms. The number of hydrogen-bond donors (Lipinski definition) is 2. The molecule has 7 nitrogen and oxygen atoms in total. The molecule has 4 rings (SSSR count). The Hall–Kier alpha value is -2.45. The number of carboxylic acids is 1. The van der Waals surface area contributed by atoms with Gasteiger partial charge in [-0.15, -0.1) is 12.4 Å². The number of hydrogen-bond acceptors (Lipinski definition) is 6. The number of anilines is 1. The standard InChI is InChI=1S/C23H25BrN4O3.ClH/c24-18-9-6-15(7-10-18)17(14-22(29)30)13-21-27-20(28-31-21)5-1-4-19-11-8-16-3-2-12-25-23(16)26-19;/h6-11,17H,1-5,12-14H2,(H,25,26)(H,29,30);1H. The lowest BCUT2D eigenvalue weighted by molar-refractivity contribution is -0.137. The Balaban J connectivity index is 0.00000289. The summed E-state index contributed by atoms with van der Waals surface area (Å²) < 4.78 is 6.36. The number of fused-ring (bicyclic) bond motifs is 1. The van der Waals surface area contributed by atoms with Crippen LogP contribution in [0.25, 0.3) is 0 Å². The van der Waals surface area contributed by atoms with Gasteiger partial charge in [-0.3, -0.25) is 4.79 Å². The van der Waals surface area contributed by atoms with Crippen LogP contribution >= 0.6 is 28.3 Å². The third-order valence-corrected chi connectivity index (χ3v) is 6.01. The van der Waals surface area contributed by atoms with Crippen molar-refractivity contribution in [3.05, 3.63) is 69.4 Å². The zero-order valence-electron chi connectivity index (χ0n) is 17.6. The molecule has 0 fully saturated rings. The quantitative estimate of drug-likeness (QED) is 0.409. The number of rotatable bonds is 9. The largest absolute Gasteiger partial charge is 0.481 e. The molecular weight excluding hydrogens is 496 g/mol. The van der Waals surface area contributed by atoms with E-state index >= 15 is 0 Å². The highest BCUT2D eigenvalue weighted by atomic mass is 79.9. The first-order valence-electron chi connectivity index (χ1n) is 10.6. The predicted molar refractivity (Wildman–Crippen MR) is 127 cm³/mol. The molecule has 3 aromatic rings. The van der Waals surface area contributed by atoms with Crippen LogP contribution in [0.4, 0.5) is 5.82 Å². The maximum atomic E-state index is 11.3. The van der Waals surface area contributed by atoms with E-state index in [1.165, 1.54) is 5.56 Å². The number of carbonyl (C=O) groups is 1. The van der Waals surface area contributed by atoms with Crippen LogP contribution in [0.5, 0.6) is 0 Å². The van der Waals surface area contributed by atoms with Crippen LogP contribution in [0.15, 0.2) is 45.4 Å². The summed E-state index contributed by atoms with van der Waals surface area (Å²) in [7, 11) is 0. The summed E-state index contributed by atoms with van der Waals surface area (Å²) >= 11 is 3.41. The molecule has 3 heterocycles. The smallest absolute Gasteiger partial charge is 0.303 e. The fourth-order valence-electron chi connectivity index (χ4n) is 3.87. The number of aryl methyl sites for hydroxylation is 3. The van der Waals surface area contributed by atoms with Crippen molar-refractivity contribution < 1.29 is 14.4 Å². The van der Waals surface area contributed by atoms with E-state index in [9.17, 15) is 9.90 Å². The van der Waals surface area contributed by atoms with Crippen LogP contribution in [0.2, 0.25) is 0 Å². The van der Waals surface area contributed by atoms with E-state index in [4.69, 9.17) is 9.51 Å². The molecular formula is C23H26BrClN4O3. The average Bonchev–Trinajstić information content (AvgIpc) is 3.20. The molecule has 1 atom stereocenters. The molecule has 0 aliphatic carbocycles. The van der Waals surface area contributed by atoms with E-state index in [-0.39, 0.29) is 24.7 Å². The minimum absolute atomic E-state index is 0. The van der Waals surface area contributed by atoms with E-state index in [0.29, 0.717) is 24.6 Å². The van der Waals surface area contributed by atoms with Crippen molar-refractivity contribution >= 4 is 40.1 Å². The third-order valence-electron chi connectivity index (χ3n) is 5.48. The van der Waals surface area contributed by atoms with Crippen LogP contribution in [0.3, 0.4) is 0 Å². The Labute approximate surface area is 201 Å². The van der Waals surface area contributed by atoms with Crippen LogP contribution in [-0.4, -0.2) is 32.7 Å². The Kier molecular flexibility index (Phi) is 8.64. The molecule has 32 heavy (non-hydrogen) atoms. The Morgan fingerprint density at radius 3 is 2.75 bits per heavy atom. The maximum Gasteiger partial charge on any atom is 0.303 e. The summed E-state index contributed by atoms with van der Waals surface area (Å²) in [6.07, 6.45) is 5.07. The first kappa shape index (κ1) is 24.2. The molecule has 9 heteroatoms. The maximum absolute atomic E-state index is 11.3. The van der Waals surface area contributed by atoms with Gasteiger partial charge in [0.15, 0.2) is 5.82 Å². The zero-order valence-corrected chi connectivity index (χ0v) is 20.0. The molecule has 0 saturated carbocycles. The van der Waals surface area contributed by atoms with Crippen molar-refractivity contribution in [1.82, 2.24) is 15.1 Å². The Morgan fingerprint density at radius 1 is 1.16 bits per heavy atom. The zero-order chi connectivity index (χ0) is 21.6. The highest BCUT2D eigenvalue weighted by Crippen LogP contribution is 2.26. The third kappa shape index (κ3) is 6.53. The first-order valence-corrected chi connectivity index (χ1v) is 11.4. The van der Waals surface area contributed by atoms with Crippen LogP contribution in [0, 0.1) is 0 Å². The molecule has 0 bridgehead atoms. The van der Waals surface area contributed by atoms with Gasteiger partial charge >= 0.3 is 5.97 Å². The lowest BCUT2D eigenvalue weighted by Gasteiger charge is -2.17. The van der Waals surface area contributed by atoms with E-state index in [2.05, 4.69) is 43.5 Å². The van der Waals surface area contributed by atoms with E-state index in [1.807, 2.05) is 24.3 Å². The molecule has 170 valence electrons. The van der Waals surface area contributed by atoms with Gasteiger partial charge < -0.3 is 14.9 Å². The summed E-state index contributed by atoms with van der Waals surface area (Å²) in [6.45, 7) is 0.984. The molecule has 1 unspecified atom stereocenters. The summed E-state index contributed by atoms with van der Waals surface area (Å²) in [5.41, 5.74) is 3.30. The number of aromatic nitrogens is 3. The van der Waals surface area contributed by atoms with Gasteiger partial charge in [-0.1, -0.05) is 39.3 Å². The van der Waals surface area contributed by atoms with Crippen molar-refractivity contribution in [2.24, 2.45) is 0 Å². The minimum Gasteiger partial charge on any atom is -0.481 e. The summed E-state index contributed by atoms with van der Waals surface area (Å²) in [5, 5.41) is 16.7. The monoisotopic (exact) mass is 520 g/mol. The molecule has 1 aliphatic heterocycles. The topological polar surface area (TPSA) is 101 Å². The number of aliphatic carboxylic acids is 1. The van der Waals surface area contributed by atoms with Gasteiger partial charge in [0.25, 0.3) is 0 Å². The SMILES string of the molecule is Cl.O=C(O)CC(Cc1nc(CCCc2ccc3c(n2)NCCC3)no1)c1ccc(Br)cc1. The van der Waals surface area contributed by atoms with E-state index in [0.717, 1.165) is 53.8 Å². The van der Waals surface area contributed by atoms with E-state index in [1.54, 1.807) is 0 Å². The molecule has 0 radical (unpaired) electrons. The van der Waals surface area contributed by atoms with Crippen molar-refractivity contribution in [2.45, 2.75) is 50.9 Å². The minimum atomic E-state index is -0.848. The van der Waals surface area contributed by atoms with Crippen molar-refractivity contribution in [3.8, 4) is 0 Å². The molecule has 1 aliphatic rings. The lowest BCUT2D eigenvalue weighted by atomic mass is 9.92. The molecule has 0 amide bonds. The molecule has 1 aromatic carbocycles. The number of nitrogens with one attached hydrogen (secondary N) is 1. The van der Waals surface area contributed by atoms with Gasteiger partial charge in [-0.05, 0) is 55.0 Å². The second-order valence-corrected chi connectivity index (χ2v) is 8.76.